The highest BCUT2D eigenvalue weighted by Crippen LogP contribution is 2.25. The van der Waals surface area contributed by atoms with Crippen LogP contribution in [0.4, 0.5) is 0 Å². The second-order valence-corrected chi connectivity index (χ2v) is 11.6. The van der Waals surface area contributed by atoms with Crippen LogP contribution in [0.25, 0.3) is 0 Å². The third-order valence-corrected chi connectivity index (χ3v) is 7.50. The van der Waals surface area contributed by atoms with E-state index in [9.17, 15) is 9.59 Å². The van der Waals surface area contributed by atoms with E-state index in [0.717, 1.165) is 36.8 Å². The maximum Gasteiger partial charge on any atom is 0.261 e. The molecule has 3 aromatic carbocycles. The zero-order valence-corrected chi connectivity index (χ0v) is 23.6. The summed E-state index contributed by atoms with van der Waals surface area (Å²) in [5.41, 5.74) is 3.24. The first-order chi connectivity index (χ1) is 18.8. The number of hydrogen-bond acceptors (Lipinski definition) is 3. The molecule has 1 saturated carbocycles. The van der Waals surface area contributed by atoms with Crippen molar-refractivity contribution in [2.45, 2.75) is 83.3 Å². The van der Waals surface area contributed by atoms with Crippen molar-refractivity contribution in [2.75, 3.05) is 6.61 Å². The summed E-state index contributed by atoms with van der Waals surface area (Å²) in [4.78, 5) is 29.3. The Morgan fingerprint density at radius 2 is 1.44 bits per heavy atom. The molecular weight excluding hydrogens is 484 g/mol. The van der Waals surface area contributed by atoms with Crippen LogP contribution in [0.15, 0.2) is 84.9 Å². The molecule has 0 heterocycles. The van der Waals surface area contributed by atoms with E-state index in [4.69, 9.17) is 4.74 Å². The van der Waals surface area contributed by atoms with Gasteiger partial charge in [-0.1, -0.05) is 113 Å². The molecule has 1 aliphatic carbocycles. The van der Waals surface area contributed by atoms with Gasteiger partial charge >= 0.3 is 0 Å². The van der Waals surface area contributed by atoms with E-state index in [1.54, 1.807) is 4.90 Å². The molecule has 1 N–H and O–H groups in total. The summed E-state index contributed by atoms with van der Waals surface area (Å²) in [6.45, 7) is 6.70. The number of amides is 2. The molecule has 1 aliphatic rings. The molecule has 5 heteroatoms. The van der Waals surface area contributed by atoms with Gasteiger partial charge in [0, 0.05) is 19.0 Å². The fourth-order valence-corrected chi connectivity index (χ4v) is 5.16. The standard InChI is InChI=1S/C34H42N2O3/c1-34(2,3)28-19-21-30(22-20-28)39-25-32(37)36(24-27-15-9-5-10-16-27)31(23-26-13-7-4-8-14-26)33(38)35-29-17-11-6-12-18-29/h4-5,7-10,13-16,19-22,29,31H,6,11-12,17-18,23-25H2,1-3H3,(H,35,38)/t31-/m0/s1. The normalized spacial score (nSPS) is 14.8. The van der Waals surface area contributed by atoms with Gasteiger partial charge in [0.25, 0.3) is 5.91 Å². The molecule has 4 rings (SSSR count). The molecule has 0 aromatic heterocycles. The lowest BCUT2D eigenvalue weighted by Gasteiger charge is -2.33. The Balaban J connectivity index is 1.56. The highest BCUT2D eigenvalue weighted by Gasteiger charge is 2.32. The highest BCUT2D eigenvalue weighted by molar-refractivity contribution is 5.88. The van der Waals surface area contributed by atoms with Crippen LogP contribution in [0.5, 0.6) is 5.75 Å². The summed E-state index contributed by atoms with van der Waals surface area (Å²) >= 11 is 0. The predicted molar refractivity (Wildman–Crippen MR) is 157 cm³/mol. The summed E-state index contributed by atoms with van der Waals surface area (Å²) in [6, 6.07) is 27.2. The van der Waals surface area contributed by atoms with E-state index >= 15 is 0 Å². The van der Waals surface area contributed by atoms with Gasteiger partial charge in [-0.25, -0.2) is 0 Å². The van der Waals surface area contributed by atoms with Gasteiger partial charge < -0.3 is 15.0 Å². The number of ether oxygens (including phenoxy) is 1. The minimum atomic E-state index is -0.645. The molecule has 0 radical (unpaired) electrons. The van der Waals surface area contributed by atoms with Gasteiger partial charge in [0.2, 0.25) is 5.91 Å². The predicted octanol–water partition coefficient (Wildman–Crippen LogP) is 6.45. The molecule has 0 spiro atoms. The third kappa shape index (κ3) is 8.44. The second-order valence-electron chi connectivity index (χ2n) is 11.6. The first-order valence-corrected chi connectivity index (χ1v) is 14.2. The molecular formula is C34H42N2O3. The first-order valence-electron chi connectivity index (χ1n) is 14.2. The van der Waals surface area contributed by atoms with Crippen molar-refractivity contribution < 1.29 is 14.3 Å². The maximum atomic E-state index is 13.8. The third-order valence-electron chi connectivity index (χ3n) is 7.50. The van der Waals surface area contributed by atoms with Crippen LogP contribution < -0.4 is 10.1 Å². The molecule has 0 saturated heterocycles. The van der Waals surface area contributed by atoms with Crippen molar-refractivity contribution in [2.24, 2.45) is 0 Å². The van der Waals surface area contributed by atoms with Crippen LogP contribution >= 0.6 is 0 Å². The van der Waals surface area contributed by atoms with Gasteiger partial charge in [0.05, 0.1) is 0 Å². The van der Waals surface area contributed by atoms with E-state index in [-0.39, 0.29) is 29.9 Å². The Morgan fingerprint density at radius 1 is 0.846 bits per heavy atom. The van der Waals surface area contributed by atoms with Crippen molar-refractivity contribution in [1.29, 1.82) is 0 Å². The lowest BCUT2D eigenvalue weighted by atomic mass is 9.87. The monoisotopic (exact) mass is 526 g/mol. The van der Waals surface area contributed by atoms with E-state index < -0.39 is 6.04 Å². The lowest BCUT2D eigenvalue weighted by molar-refractivity contribution is -0.143. The molecule has 0 unspecified atom stereocenters. The minimum absolute atomic E-state index is 0.0389. The van der Waals surface area contributed by atoms with Gasteiger partial charge in [-0.15, -0.1) is 0 Å². The van der Waals surface area contributed by atoms with E-state index in [1.165, 1.54) is 12.0 Å². The Bertz CT molecular complexity index is 1180. The number of benzene rings is 3. The summed E-state index contributed by atoms with van der Waals surface area (Å²) in [6.07, 6.45) is 5.89. The molecule has 1 fully saturated rings. The zero-order chi connectivity index (χ0) is 27.7. The van der Waals surface area contributed by atoms with Gasteiger partial charge in [0.15, 0.2) is 6.61 Å². The van der Waals surface area contributed by atoms with Crippen molar-refractivity contribution in [1.82, 2.24) is 10.2 Å². The Morgan fingerprint density at radius 3 is 2.03 bits per heavy atom. The van der Waals surface area contributed by atoms with E-state index in [1.807, 2.05) is 84.9 Å². The Kier molecular flexibility index (Phi) is 9.80. The number of hydrogen-bond donors (Lipinski definition) is 1. The van der Waals surface area contributed by atoms with Crippen molar-refractivity contribution in [3.8, 4) is 5.75 Å². The largest absolute Gasteiger partial charge is 0.484 e. The maximum absolute atomic E-state index is 13.8. The first kappa shape index (κ1) is 28.4. The van der Waals surface area contributed by atoms with Crippen LogP contribution in [0, 0.1) is 0 Å². The van der Waals surface area contributed by atoms with Crippen LogP contribution in [0.3, 0.4) is 0 Å². The molecule has 2 amide bonds. The topological polar surface area (TPSA) is 58.6 Å². The van der Waals surface area contributed by atoms with E-state index in [2.05, 4.69) is 26.1 Å². The number of nitrogens with zero attached hydrogens (tertiary/aromatic N) is 1. The zero-order valence-electron chi connectivity index (χ0n) is 23.6. The van der Waals surface area contributed by atoms with Gasteiger partial charge in [-0.3, -0.25) is 9.59 Å². The Labute approximate surface area is 233 Å². The van der Waals surface area contributed by atoms with Crippen molar-refractivity contribution >= 4 is 11.8 Å². The Hall–Kier alpha value is -3.60. The second kappa shape index (κ2) is 13.5. The molecule has 39 heavy (non-hydrogen) atoms. The van der Waals surface area contributed by atoms with Crippen LogP contribution in [-0.4, -0.2) is 35.4 Å². The SMILES string of the molecule is CC(C)(C)c1ccc(OCC(=O)N(Cc2ccccc2)[C@@H](Cc2ccccc2)C(=O)NC2CCCCC2)cc1. The summed E-state index contributed by atoms with van der Waals surface area (Å²) in [5, 5.41) is 3.28. The van der Waals surface area contributed by atoms with Crippen LogP contribution in [0.2, 0.25) is 0 Å². The lowest BCUT2D eigenvalue weighted by Crippen LogP contribution is -2.53. The fraction of sp³-hybridized carbons (Fsp3) is 0.412. The van der Waals surface area contributed by atoms with Crippen LogP contribution in [0.1, 0.15) is 69.6 Å². The smallest absolute Gasteiger partial charge is 0.261 e. The number of carbonyl (C=O) groups excluding carboxylic acids is 2. The van der Waals surface area contributed by atoms with Crippen molar-refractivity contribution in [3.63, 3.8) is 0 Å². The molecule has 3 aromatic rings. The van der Waals surface area contributed by atoms with Gasteiger partial charge in [-0.2, -0.15) is 0 Å². The summed E-state index contributed by atoms with van der Waals surface area (Å²) < 4.78 is 5.96. The van der Waals surface area contributed by atoms with E-state index in [0.29, 0.717) is 18.7 Å². The van der Waals surface area contributed by atoms with Crippen LogP contribution in [-0.2, 0) is 28.0 Å². The summed E-state index contributed by atoms with van der Waals surface area (Å²) in [7, 11) is 0. The average molecular weight is 527 g/mol. The molecule has 0 bridgehead atoms. The molecule has 206 valence electrons. The number of rotatable bonds is 10. The number of carbonyl (C=O) groups is 2. The quantitative estimate of drug-likeness (QED) is 0.330. The highest BCUT2D eigenvalue weighted by atomic mass is 16.5. The van der Waals surface area contributed by atoms with Crippen molar-refractivity contribution in [3.05, 3.63) is 102 Å². The molecule has 1 atom stereocenters. The summed E-state index contributed by atoms with van der Waals surface area (Å²) in [5.74, 6) is 0.338. The fourth-order valence-electron chi connectivity index (χ4n) is 5.16. The van der Waals surface area contributed by atoms with Gasteiger partial charge in [-0.05, 0) is 47.1 Å². The minimum Gasteiger partial charge on any atom is -0.484 e. The molecule has 5 nitrogen and oxygen atoms in total. The van der Waals surface area contributed by atoms with Gasteiger partial charge in [0.1, 0.15) is 11.8 Å². The average Bonchev–Trinajstić information content (AvgIpc) is 2.95. The number of nitrogens with one attached hydrogen (secondary N) is 1. The molecule has 0 aliphatic heterocycles.